The van der Waals surface area contributed by atoms with Gasteiger partial charge in [0, 0.05) is 19.3 Å². The van der Waals surface area contributed by atoms with Gasteiger partial charge in [-0.05, 0) is 25.1 Å². The maximum absolute atomic E-state index is 10.9. The van der Waals surface area contributed by atoms with Crippen molar-refractivity contribution in [2.24, 2.45) is 0 Å². The van der Waals surface area contributed by atoms with Crippen molar-refractivity contribution in [3.63, 3.8) is 0 Å². The Bertz CT molecular complexity index is 530. The molecule has 1 aromatic heterocycles. The smallest absolute Gasteiger partial charge is 0.337 e. The summed E-state index contributed by atoms with van der Waals surface area (Å²) in [5, 5.41) is 12.0. The zero-order valence-electron chi connectivity index (χ0n) is 10.6. The molecule has 7 nitrogen and oxygen atoms in total. The lowest BCUT2D eigenvalue weighted by molar-refractivity contribution is 0.0695. The fraction of sp³-hybridized carbons (Fsp3) is 0.455. The molecule has 0 aliphatic carbocycles. The van der Waals surface area contributed by atoms with Gasteiger partial charge in [-0.2, -0.15) is 0 Å². The van der Waals surface area contributed by atoms with Crippen LogP contribution in [0, 0.1) is 0 Å². The van der Waals surface area contributed by atoms with E-state index in [-0.39, 0.29) is 5.56 Å². The second kappa shape index (κ2) is 7.17. The molecule has 0 amide bonds. The quantitative estimate of drug-likeness (QED) is 0.572. The number of sulfonamides is 1. The van der Waals surface area contributed by atoms with Crippen molar-refractivity contribution in [1.29, 1.82) is 0 Å². The minimum Gasteiger partial charge on any atom is -0.478 e. The third kappa shape index (κ3) is 6.27. The van der Waals surface area contributed by atoms with E-state index >= 15 is 0 Å². The molecule has 0 aliphatic rings. The summed E-state index contributed by atoms with van der Waals surface area (Å²) in [6.45, 7) is 1.25. The standard InChI is InChI=1S/C11H17N3O4S/c1-19(17,18)14-7-3-5-12-8-10-9(11(15)16)4-2-6-13-10/h2,4,6,12,14H,3,5,7-8H2,1H3,(H,15,16). The van der Waals surface area contributed by atoms with E-state index in [1.807, 2.05) is 0 Å². The average Bonchev–Trinajstić information content (AvgIpc) is 2.32. The van der Waals surface area contributed by atoms with Crippen molar-refractivity contribution in [1.82, 2.24) is 15.0 Å². The maximum atomic E-state index is 10.9. The summed E-state index contributed by atoms with van der Waals surface area (Å²) in [4.78, 5) is 14.9. The molecule has 0 aromatic carbocycles. The van der Waals surface area contributed by atoms with E-state index in [0.717, 1.165) is 6.26 Å². The molecule has 0 fully saturated rings. The van der Waals surface area contributed by atoms with Crippen LogP contribution in [0.15, 0.2) is 18.3 Å². The molecule has 1 aromatic rings. The minimum absolute atomic E-state index is 0.171. The third-order valence-electron chi connectivity index (χ3n) is 2.31. The summed E-state index contributed by atoms with van der Waals surface area (Å²) in [5.74, 6) is -1.01. The predicted octanol–water partition coefficient (Wildman–Crippen LogP) is -0.191. The summed E-state index contributed by atoms with van der Waals surface area (Å²) in [6.07, 6.45) is 3.25. The largest absolute Gasteiger partial charge is 0.478 e. The Labute approximate surface area is 112 Å². The molecule has 0 saturated heterocycles. The van der Waals surface area contributed by atoms with Crippen LogP contribution in [0.25, 0.3) is 0 Å². The van der Waals surface area contributed by atoms with Crippen LogP contribution in [0.3, 0.4) is 0 Å². The van der Waals surface area contributed by atoms with Crippen LogP contribution in [-0.4, -0.2) is 43.8 Å². The van der Waals surface area contributed by atoms with Crippen LogP contribution in [-0.2, 0) is 16.6 Å². The number of nitrogens with one attached hydrogen (secondary N) is 2. The van der Waals surface area contributed by atoms with Crippen molar-refractivity contribution in [2.45, 2.75) is 13.0 Å². The monoisotopic (exact) mass is 287 g/mol. The van der Waals surface area contributed by atoms with Gasteiger partial charge in [0.1, 0.15) is 0 Å². The van der Waals surface area contributed by atoms with Gasteiger partial charge in [-0.1, -0.05) is 0 Å². The molecule has 0 atom stereocenters. The molecular formula is C11H17N3O4S. The van der Waals surface area contributed by atoms with E-state index in [2.05, 4.69) is 15.0 Å². The summed E-state index contributed by atoms with van der Waals surface area (Å²) >= 11 is 0. The molecule has 19 heavy (non-hydrogen) atoms. The number of pyridine rings is 1. The normalized spacial score (nSPS) is 11.4. The number of hydrogen-bond donors (Lipinski definition) is 3. The molecule has 1 rings (SSSR count). The first-order valence-corrected chi connectivity index (χ1v) is 7.62. The number of nitrogens with zero attached hydrogens (tertiary/aromatic N) is 1. The van der Waals surface area contributed by atoms with Gasteiger partial charge in [-0.15, -0.1) is 0 Å². The molecule has 3 N–H and O–H groups in total. The number of hydrogen-bond acceptors (Lipinski definition) is 5. The van der Waals surface area contributed by atoms with E-state index in [4.69, 9.17) is 5.11 Å². The lowest BCUT2D eigenvalue weighted by Gasteiger charge is -2.07. The molecule has 8 heteroatoms. The van der Waals surface area contributed by atoms with Crippen molar-refractivity contribution >= 4 is 16.0 Å². The Morgan fingerprint density at radius 3 is 2.79 bits per heavy atom. The van der Waals surface area contributed by atoms with Gasteiger partial charge in [-0.25, -0.2) is 17.9 Å². The van der Waals surface area contributed by atoms with Crippen molar-refractivity contribution in [3.8, 4) is 0 Å². The molecule has 1 heterocycles. The summed E-state index contributed by atoms with van der Waals surface area (Å²) in [7, 11) is -3.15. The highest BCUT2D eigenvalue weighted by molar-refractivity contribution is 7.88. The van der Waals surface area contributed by atoms with Crippen LogP contribution in [0.2, 0.25) is 0 Å². The second-order valence-corrected chi connectivity index (χ2v) is 5.83. The Hall–Kier alpha value is -1.51. The van der Waals surface area contributed by atoms with Gasteiger partial charge in [0.05, 0.1) is 17.5 Å². The van der Waals surface area contributed by atoms with Crippen LogP contribution in [0.1, 0.15) is 22.5 Å². The van der Waals surface area contributed by atoms with Gasteiger partial charge in [0.25, 0.3) is 0 Å². The fourth-order valence-corrected chi connectivity index (χ4v) is 1.97. The molecular weight excluding hydrogens is 270 g/mol. The van der Waals surface area contributed by atoms with Gasteiger partial charge >= 0.3 is 5.97 Å². The minimum atomic E-state index is -3.15. The van der Waals surface area contributed by atoms with Crippen molar-refractivity contribution < 1.29 is 18.3 Å². The third-order valence-corrected chi connectivity index (χ3v) is 3.04. The van der Waals surface area contributed by atoms with Crippen LogP contribution in [0.4, 0.5) is 0 Å². The highest BCUT2D eigenvalue weighted by Crippen LogP contribution is 2.04. The molecule has 0 saturated carbocycles. The molecule has 0 unspecified atom stereocenters. The van der Waals surface area contributed by atoms with Crippen molar-refractivity contribution in [3.05, 3.63) is 29.6 Å². The van der Waals surface area contributed by atoms with Crippen LogP contribution < -0.4 is 10.0 Å². The Balaban J connectivity index is 2.32. The van der Waals surface area contributed by atoms with E-state index in [1.165, 1.54) is 12.3 Å². The second-order valence-electron chi connectivity index (χ2n) is 4.00. The van der Waals surface area contributed by atoms with Gasteiger partial charge < -0.3 is 10.4 Å². The van der Waals surface area contributed by atoms with E-state index in [1.54, 1.807) is 6.07 Å². The first kappa shape index (κ1) is 15.5. The first-order valence-electron chi connectivity index (χ1n) is 5.72. The van der Waals surface area contributed by atoms with Crippen LogP contribution >= 0.6 is 0 Å². The Kier molecular flexibility index (Phi) is 5.87. The van der Waals surface area contributed by atoms with E-state index in [0.29, 0.717) is 31.7 Å². The highest BCUT2D eigenvalue weighted by Gasteiger charge is 2.09. The number of carboxylic acid groups (broad SMARTS) is 1. The zero-order chi connectivity index (χ0) is 14.3. The zero-order valence-corrected chi connectivity index (χ0v) is 11.4. The fourth-order valence-electron chi connectivity index (χ4n) is 1.45. The molecule has 0 aliphatic heterocycles. The number of carboxylic acids is 1. The number of rotatable bonds is 8. The molecule has 0 spiro atoms. The van der Waals surface area contributed by atoms with Crippen LogP contribution in [0.5, 0.6) is 0 Å². The van der Waals surface area contributed by atoms with E-state index in [9.17, 15) is 13.2 Å². The first-order chi connectivity index (χ1) is 8.90. The lowest BCUT2D eigenvalue weighted by atomic mass is 10.2. The summed E-state index contributed by atoms with van der Waals surface area (Å²) in [5.41, 5.74) is 0.635. The van der Waals surface area contributed by atoms with Gasteiger partial charge in [0.15, 0.2) is 0 Å². The number of aromatic nitrogens is 1. The van der Waals surface area contributed by atoms with E-state index < -0.39 is 16.0 Å². The SMILES string of the molecule is CS(=O)(=O)NCCCNCc1ncccc1C(=O)O. The van der Waals surface area contributed by atoms with Gasteiger partial charge in [-0.3, -0.25) is 4.98 Å². The Morgan fingerprint density at radius 1 is 1.42 bits per heavy atom. The molecule has 0 bridgehead atoms. The Morgan fingerprint density at radius 2 is 2.16 bits per heavy atom. The molecule has 0 radical (unpaired) electrons. The maximum Gasteiger partial charge on any atom is 0.337 e. The predicted molar refractivity (Wildman–Crippen MR) is 70.4 cm³/mol. The summed E-state index contributed by atoms with van der Waals surface area (Å²) in [6, 6.07) is 3.07. The molecule has 106 valence electrons. The summed E-state index contributed by atoms with van der Waals surface area (Å²) < 4.78 is 24.0. The van der Waals surface area contributed by atoms with Crippen molar-refractivity contribution in [2.75, 3.05) is 19.3 Å². The average molecular weight is 287 g/mol. The number of aromatic carboxylic acids is 1. The lowest BCUT2D eigenvalue weighted by Crippen LogP contribution is -2.26. The topological polar surface area (TPSA) is 108 Å². The highest BCUT2D eigenvalue weighted by atomic mass is 32.2. The number of carbonyl (C=O) groups is 1. The van der Waals surface area contributed by atoms with Gasteiger partial charge in [0.2, 0.25) is 10.0 Å².